The van der Waals surface area contributed by atoms with E-state index in [-0.39, 0.29) is 5.56 Å². The number of nitrogens with one attached hydrogen (secondary N) is 1. The highest BCUT2D eigenvalue weighted by Crippen LogP contribution is 2.20. The van der Waals surface area contributed by atoms with E-state index < -0.39 is 0 Å². The van der Waals surface area contributed by atoms with Crippen LogP contribution in [0.25, 0.3) is 11.0 Å². The van der Waals surface area contributed by atoms with Crippen molar-refractivity contribution in [2.75, 3.05) is 0 Å². The second kappa shape index (κ2) is 3.70. The Kier molecular flexibility index (Phi) is 2.52. The summed E-state index contributed by atoms with van der Waals surface area (Å²) in [6.45, 7) is 4.63. The van der Waals surface area contributed by atoms with E-state index in [9.17, 15) is 4.79 Å². The molecule has 0 spiro atoms. The molecule has 5 heteroatoms. The van der Waals surface area contributed by atoms with Crippen molar-refractivity contribution in [1.82, 2.24) is 14.8 Å². The van der Waals surface area contributed by atoms with Gasteiger partial charge in [-0.15, -0.1) is 11.6 Å². The molecule has 0 saturated carbocycles. The van der Waals surface area contributed by atoms with Crippen LogP contribution in [0.5, 0.6) is 0 Å². The van der Waals surface area contributed by atoms with Crippen molar-refractivity contribution < 1.29 is 0 Å². The van der Waals surface area contributed by atoms with Crippen molar-refractivity contribution in [3.8, 4) is 0 Å². The monoisotopic (exact) mass is 225 g/mol. The molecule has 0 aliphatic carbocycles. The van der Waals surface area contributed by atoms with Crippen LogP contribution in [-0.2, 0) is 12.4 Å². The summed E-state index contributed by atoms with van der Waals surface area (Å²) in [4.78, 5) is 14.2. The molecule has 15 heavy (non-hydrogen) atoms. The highest BCUT2D eigenvalue weighted by atomic mass is 35.5. The average molecular weight is 226 g/mol. The number of aromatic nitrogens is 3. The van der Waals surface area contributed by atoms with Crippen LogP contribution in [0.2, 0.25) is 0 Å². The maximum atomic E-state index is 11.4. The lowest BCUT2D eigenvalue weighted by Crippen LogP contribution is -2.08. The number of H-pyrrole nitrogens is 1. The van der Waals surface area contributed by atoms with Gasteiger partial charge in [0.2, 0.25) is 5.56 Å². The number of hydrogen-bond acceptors (Lipinski definition) is 2. The van der Waals surface area contributed by atoms with E-state index in [4.69, 9.17) is 11.6 Å². The minimum absolute atomic E-state index is 0.132. The molecule has 1 N–H and O–H groups in total. The number of pyridine rings is 1. The topological polar surface area (TPSA) is 50.7 Å². The number of alkyl halides is 1. The molecule has 0 radical (unpaired) electrons. The summed E-state index contributed by atoms with van der Waals surface area (Å²) in [5, 5.41) is 5.31. The number of halogens is 1. The molecule has 2 aromatic rings. The first kappa shape index (κ1) is 10.2. The molecule has 0 amide bonds. The summed E-state index contributed by atoms with van der Waals surface area (Å²) in [5.74, 6) is 0.330. The van der Waals surface area contributed by atoms with Gasteiger partial charge in [-0.25, -0.2) is 4.68 Å². The molecule has 80 valence electrons. The van der Waals surface area contributed by atoms with E-state index in [1.165, 1.54) is 6.07 Å². The Hall–Kier alpha value is -1.29. The Bertz CT molecular complexity index is 556. The molecule has 0 unspecified atom stereocenters. The molecule has 0 atom stereocenters. The van der Waals surface area contributed by atoms with Crippen molar-refractivity contribution in [3.63, 3.8) is 0 Å². The summed E-state index contributed by atoms with van der Waals surface area (Å²) >= 11 is 5.81. The van der Waals surface area contributed by atoms with Crippen LogP contribution in [0.4, 0.5) is 0 Å². The van der Waals surface area contributed by atoms with Crippen molar-refractivity contribution in [1.29, 1.82) is 0 Å². The summed E-state index contributed by atoms with van der Waals surface area (Å²) in [6.07, 6.45) is 0. The summed E-state index contributed by atoms with van der Waals surface area (Å²) < 4.78 is 1.78. The maximum Gasteiger partial charge on any atom is 0.249 e. The normalized spacial score (nSPS) is 11.1. The van der Waals surface area contributed by atoms with E-state index in [0.29, 0.717) is 5.88 Å². The predicted molar refractivity (Wildman–Crippen MR) is 60.3 cm³/mol. The van der Waals surface area contributed by atoms with Gasteiger partial charge in [0.15, 0.2) is 0 Å². The fourth-order valence-corrected chi connectivity index (χ4v) is 2.02. The van der Waals surface area contributed by atoms with Crippen LogP contribution in [0.1, 0.15) is 18.2 Å². The maximum absolute atomic E-state index is 11.4. The highest BCUT2D eigenvalue weighted by molar-refractivity contribution is 6.18. The lowest BCUT2D eigenvalue weighted by molar-refractivity contribution is 0.669. The quantitative estimate of drug-likeness (QED) is 0.793. The zero-order valence-electron chi connectivity index (χ0n) is 8.67. The number of fused-ring (bicyclic) bond motifs is 1. The first-order valence-corrected chi connectivity index (χ1v) is 5.36. The van der Waals surface area contributed by atoms with Gasteiger partial charge in [-0.3, -0.25) is 4.79 Å². The van der Waals surface area contributed by atoms with Crippen LogP contribution >= 0.6 is 11.6 Å². The lowest BCUT2D eigenvalue weighted by Gasteiger charge is -2.00. The Labute approximate surface area is 91.9 Å². The zero-order chi connectivity index (χ0) is 11.0. The third-order valence-electron chi connectivity index (χ3n) is 2.44. The van der Waals surface area contributed by atoms with Gasteiger partial charge in [0, 0.05) is 23.9 Å². The number of nitrogens with zero attached hydrogens (tertiary/aromatic N) is 2. The molecule has 0 aliphatic rings. The van der Waals surface area contributed by atoms with E-state index >= 15 is 0 Å². The molecule has 2 aromatic heterocycles. The van der Waals surface area contributed by atoms with Gasteiger partial charge in [0.05, 0.1) is 5.69 Å². The fraction of sp³-hybridized carbons (Fsp3) is 0.400. The average Bonchev–Trinajstić information content (AvgIpc) is 2.54. The smallest absolute Gasteiger partial charge is 0.249 e. The molecule has 2 rings (SSSR count). The van der Waals surface area contributed by atoms with Gasteiger partial charge in [-0.05, 0) is 19.4 Å². The molecular formula is C10H12ClN3O. The summed E-state index contributed by atoms with van der Waals surface area (Å²) in [6, 6.07) is 1.53. The Morgan fingerprint density at radius 3 is 2.93 bits per heavy atom. The van der Waals surface area contributed by atoms with Crippen LogP contribution in [0.15, 0.2) is 10.9 Å². The number of aryl methyl sites for hydroxylation is 2. The predicted octanol–water partition coefficient (Wildman–Crippen LogP) is 1.79. The molecule has 0 fully saturated rings. The minimum atomic E-state index is -0.132. The van der Waals surface area contributed by atoms with Crippen molar-refractivity contribution >= 4 is 22.6 Å². The first-order valence-electron chi connectivity index (χ1n) is 4.82. The second-order valence-corrected chi connectivity index (χ2v) is 3.68. The molecule has 4 nitrogen and oxygen atoms in total. The van der Waals surface area contributed by atoms with Crippen molar-refractivity contribution in [2.45, 2.75) is 26.3 Å². The summed E-state index contributed by atoms with van der Waals surface area (Å²) in [5.41, 5.74) is 2.37. The fourth-order valence-electron chi connectivity index (χ4n) is 1.81. The number of aromatic amines is 1. The molecule has 0 bridgehead atoms. The van der Waals surface area contributed by atoms with Gasteiger partial charge in [0.1, 0.15) is 5.65 Å². The first-order chi connectivity index (χ1) is 7.17. The summed E-state index contributed by atoms with van der Waals surface area (Å²) in [7, 11) is 0. The molecule has 0 saturated heterocycles. The lowest BCUT2D eigenvalue weighted by atomic mass is 10.2. The van der Waals surface area contributed by atoms with E-state index in [2.05, 4.69) is 10.1 Å². The van der Waals surface area contributed by atoms with Gasteiger partial charge < -0.3 is 4.98 Å². The van der Waals surface area contributed by atoms with Crippen LogP contribution in [0, 0.1) is 6.92 Å². The van der Waals surface area contributed by atoms with Gasteiger partial charge >= 0.3 is 0 Å². The number of hydrogen-bond donors (Lipinski definition) is 1. The Morgan fingerprint density at radius 1 is 1.60 bits per heavy atom. The number of rotatable bonds is 2. The van der Waals surface area contributed by atoms with Gasteiger partial charge in [-0.1, -0.05) is 0 Å². The SMILES string of the molecule is CCn1nc(C)c2c(CCl)cc(=O)[nH]c21. The van der Waals surface area contributed by atoms with E-state index in [0.717, 1.165) is 28.8 Å². The van der Waals surface area contributed by atoms with Crippen LogP contribution < -0.4 is 5.56 Å². The Balaban J connectivity index is 2.91. The zero-order valence-corrected chi connectivity index (χ0v) is 9.43. The molecule has 2 heterocycles. The standard InChI is InChI=1S/C10H12ClN3O/c1-3-14-10-9(6(2)13-14)7(5-11)4-8(15)12-10/h4H,3,5H2,1-2H3,(H,12,15). The van der Waals surface area contributed by atoms with Gasteiger partial charge in [-0.2, -0.15) is 5.10 Å². The van der Waals surface area contributed by atoms with Crippen LogP contribution in [0.3, 0.4) is 0 Å². The van der Waals surface area contributed by atoms with Gasteiger partial charge in [0.25, 0.3) is 0 Å². The molecule has 0 aliphatic heterocycles. The van der Waals surface area contributed by atoms with Crippen molar-refractivity contribution in [3.05, 3.63) is 27.7 Å². The van der Waals surface area contributed by atoms with E-state index in [1.54, 1.807) is 4.68 Å². The third-order valence-corrected chi connectivity index (χ3v) is 2.73. The molecular weight excluding hydrogens is 214 g/mol. The van der Waals surface area contributed by atoms with Crippen molar-refractivity contribution in [2.24, 2.45) is 0 Å². The molecule has 0 aromatic carbocycles. The van der Waals surface area contributed by atoms with E-state index in [1.807, 2.05) is 13.8 Å². The Morgan fingerprint density at radius 2 is 2.33 bits per heavy atom. The minimum Gasteiger partial charge on any atom is -0.307 e. The van der Waals surface area contributed by atoms with Crippen LogP contribution in [-0.4, -0.2) is 14.8 Å². The third kappa shape index (κ3) is 1.55. The largest absolute Gasteiger partial charge is 0.307 e. The highest BCUT2D eigenvalue weighted by Gasteiger charge is 2.11. The second-order valence-electron chi connectivity index (χ2n) is 3.42.